The Labute approximate surface area is 111 Å². The second-order valence-corrected chi connectivity index (χ2v) is 5.53. The fraction of sp³-hybridized carbons (Fsp3) is 0.529. The largest absolute Gasteiger partial charge is 0.324 e. The van der Waals surface area contributed by atoms with E-state index in [9.17, 15) is 0 Å². The van der Waals surface area contributed by atoms with Crippen molar-refractivity contribution in [2.45, 2.75) is 57.9 Å². The van der Waals surface area contributed by atoms with Gasteiger partial charge in [0.05, 0.1) is 0 Å². The molecule has 1 aliphatic rings. The standard InChI is InChI=1S/C17H25N/c1-14-8-7-9-15(12-14)13-17(18)16-10-5-3-2-4-6-11-16/h7-10,12,17H,2-6,11,13,18H2,1H3/b16-10+. The molecule has 0 fully saturated rings. The van der Waals surface area contributed by atoms with Crippen LogP contribution in [-0.4, -0.2) is 6.04 Å². The lowest BCUT2D eigenvalue weighted by atomic mass is 9.91. The molecule has 2 N–H and O–H groups in total. The lowest BCUT2D eigenvalue weighted by molar-refractivity contribution is 0.594. The van der Waals surface area contributed by atoms with Crippen molar-refractivity contribution in [3.63, 3.8) is 0 Å². The zero-order valence-electron chi connectivity index (χ0n) is 11.5. The van der Waals surface area contributed by atoms with E-state index in [0.717, 1.165) is 6.42 Å². The Morgan fingerprint density at radius 2 is 2.00 bits per heavy atom. The van der Waals surface area contributed by atoms with Crippen LogP contribution in [0.3, 0.4) is 0 Å². The van der Waals surface area contributed by atoms with E-state index in [-0.39, 0.29) is 6.04 Å². The molecular weight excluding hydrogens is 218 g/mol. The van der Waals surface area contributed by atoms with Crippen LogP contribution < -0.4 is 5.73 Å². The molecule has 0 amide bonds. The highest BCUT2D eigenvalue weighted by Crippen LogP contribution is 2.20. The van der Waals surface area contributed by atoms with Gasteiger partial charge in [-0.05, 0) is 44.6 Å². The monoisotopic (exact) mass is 243 g/mol. The predicted octanol–water partition coefficient (Wildman–Crippen LogP) is 4.15. The molecule has 0 spiro atoms. The highest BCUT2D eigenvalue weighted by Gasteiger charge is 2.11. The van der Waals surface area contributed by atoms with Crippen molar-refractivity contribution in [2.75, 3.05) is 0 Å². The van der Waals surface area contributed by atoms with E-state index < -0.39 is 0 Å². The van der Waals surface area contributed by atoms with Crippen LogP contribution in [0.1, 0.15) is 49.7 Å². The second-order valence-electron chi connectivity index (χ2n) is 5.53. The van der Waals surface area contributed by atoms with Crippen molar-refractivity contribution in [3.05, 3.63) is 47.0 Å². The van der Waals surface area contributed by atoms with E-state index in [1.54, 1.807) is 0 Å². The lowest BCUT2D eigenvalue weighted by Crippen LogP contribution is -2.25. The molecule has 0 saturated heterocycles. The molecule has 1 nitrogen and oxygen atoms in total. The third-order valence-electron chi connectivity index (χ3n) is 3.84. The van der Waals surface area contributed by atoms with Crippen LogP contribution in [0.2, 0.25) is 0 Å². The summed E-state index contributed by atoms with van der Waals surface area (Å²) in [6.45, 7) is 2.14. The molecule has 0 bridgehead atoms. The lowest BCUT2D eigenvalue weighted by Gasteiger charge is -2.18. The fourth-order valence-corrected chi connectivity index (χ4v) is 2.78. The number of aryl methyl sites for hydroxylation is 1. The molecular formula is C17H25N. The van der Waals surface area contributed by atoms with Crippen LogP contribution in [0.25, 0.3) is 0 Å². The first kappa shape index (κ1) is 13.4. The van der Waals surface area contributed by atoms with E-state index >= 15 is 0 Å². The summed E-state index contributed by atoms with van der Waals surface area (Å²) >= 11 is 0. The summed E-state index contributed by atoms with van der Waals surface area (Å²) in [5, 5.41) is 0. The van der Waals surface area contributed by atoms with Gasteiger partial charge in [-0.15, -0.1) is 0 Å². The van der Waals surface area contributed by atoms with Gasteiger partial charge in [-0.25, -0.2) is 0 Å². The maximum Gasteiger partial charge on any atom is 0.0294 e. The zero-order valence-corrected chi connectivity index (χ0v) is 11.5. The summed E-state index contributed by atoms with van der Waals surface area (Å²) in [6.07, 6.45) is 11.2. The first-order chi connectivity index (χ1) is 8.75. The van der Waals surface area contributed by atoms with Crippen molar-refractivity contribution in [1.82, 2.24) is 0 Å². The van der Waals surface area contributed by atoms with Gasteiger partial charge in [0.2, 0.25) is 0 Å². The molecule has 1 aliphatic carbocycles. The minimum absolute atomic E-state index is 0.213. The normalized spacial score (nSPS) is 21.6. The van der Waals surface area contributed by atoms with Gasteiger partial charge in [-0.3, -0.25) is 0 Å². The average molecular weight is 243 g/mol. The quantitative estimate of drug-likeness (QED) is 0.793. The minimum Gasteiger partial charge on any atom is -0.324 e. The maximum absolute atomic E-state index is 6.38. The maximum atomic E-state index is 6.38. The third-order valence-corrected chi connectivity index (χ3v) is 3.84. The van der Waals surface area contributed by atoms with Crippen molar-refractivity contribution in [2.24, 2.45) is 5.73 Å². The van der Waals surface area contributed by atoms with Crippen LogP contribution in [0, 0.1) is 6.92 Å². The fourth-order valence-electron chi connectivity index (χ4n) is 2.78. The number of benzene rings is 1. The first-order valence-electron chi connectivity index (χ1n) is 7.26. The van der Waals surface area contributed by atoms with Crippen LogP contribution in [0.4, 0.5) is 0 Å². The molecule has 0 aromatic heterocycles. The number of allylic oxidation sites excluding steroid dienone is 1. The van der Waals surface area contributed by atoms with Crippen molar-refractivity contribution < 1.29 is 0 Å². The SMILES string of the molecule is Cc1cccc(CC(N)/C2=C/CCCCCC2)c1. The van der Waals surface area contributed by atoms with E-state index in [1.807, 2.05) is 0 Å². The number of rotatable bonds is 3. The summed E-state index contributed by atoms with van der Waals surface area (Å²) in [5.41, 5.74) is 10.6. The molecule has 0 aliphatic heterocycles. The Bertz CT molecular complexity index is 406. The summed E-state index contributed by atoms with van der Waals surface area (Å²) in [4.78, 5) is 0. The van der Waals surface area contributed by atoms with Crippen molar-refractivity contribution in [3.8, 4) is 0 Å². The van der Waals surface area contributed by atoms with Gasteiger partial charge in [-0.1, -0.05) is 54.3 Å². The molecule has 1 aromatic rings. The number of hydrogen-bond donors (Lipinski definition) is 1. The van der Waals surface area contributed by atoms with Crippen molar-refractivity contribution >= 4 is 0 Å². The molecule has 2 rings (SSSR count). The predicted molar refractivity (Wildman–Crippen MR) is 78.6 cm³/mol. The molecule has 18 heavy (non-hydrogen) atoms. The molecule has 0 saturated carbocycles. The third kappa shape index (κ3) is 3.99. The smallest absolute Gasteiger partial charge is 0.0294 e. The minimum atomic E-state index is 0.213. The van der Waals surface area contributed by atoms with E-state index in [1.165, 1.54) is 55.2 Å². The second kappa shape index (κ2) is 6.75. The molecule has 1 aromatic carbocycles. The van der Waals surface area contributed by atoms with Gasteiger partial charge in [0.15, 0.2) is 0 Å². The van der Waals surface area contributed by atoms with Gasteiger partial charge in [0, 0.05) is 6.04 Å². The average Bonchev–Trinajstić information content (AvgIpc) is 2.28. The van der Waals surface area contributed by atoms with E-state index in [4.69, 9.17) is 5.73 Å². The van der Waals surface area contributed by atoms with Gasteiger partial charge >= 0.3 is 0 Å². The topological polar surface area (TPSA) is 26.0 Å². The molecule has 98 valence electrons. The molecule has 0 heterocycles. The molecule has 1 heteroatoms. The van der Waals surface area contributed by atoms with E-state index in [0.29, 0.717) is 0 Å². The Morgan fingerprint density at radius 1 is 1.17 bits per heavy atom. The van der Waals surface area contributed by atoms with Crippen LogP contribution in [0.5, 0.6) is 0 Å². The van der Waals surface area contributed by atoms with Crippen molar-refractivity contribution in [1.29, 1.82) is 0 Å². The van der Waals surface area contributed by atoms with Crippen LogP contribution in [0.15, 0.2) is 35.9 Å². The highest BCUT2D eigenvalue weighted by atomic mass is 14.6. The van der Waals surface area contributed by atoms with Gasteiger partial charge in [0.25, 0.3) is 0 Å². The Kier molecular flexibility index (Phi) is 5.00. The highest BCUT2D eigenvalue weighted by molar-refractivity contribution is 5.25. The Hall–Kier alpha value is -1.08. The van der Waals surface area contributed by atoms with Gasteiger partial charge in [0.1, 0.15) is 0 Å². The summed E-state index contributed by atoms with van der Waals surface area (Å²) in [5.74, 6) is 0. The Balaban J connectivity index is 1.99. The zero-order chi connectivity index (χ0) is 12.8. The van der Waals surface area contributed by atoms with E-state index in [2.05, 4.69) is 37.3 Å². The summed E-state index contributed by atoms with van der Waals surface area (Å²) in [7, 11) is 0. The summed E-state index contributed by atoms with van der Waals surface area (Å²) < 4.78 is 0. The summed E-state index contributed by atoms with van der Waals surface area (Å²) in [6, 6.07) is 8.93. The number of nitrogens with two attached hydrogens (primary N) is 1. The molecule has 1 unspecified atom stereocenters. The van der Waals surface area contributed by atoms with Crippen LogP contribution >= 0.6 is 0 Å². The molecule has 0 radical (unpaired) electrons. The Morgan fingerprint density at radius 3 is 2.83 bits per heavy atom. The number of hydrogen-bond acceptors (Lipinski definition) is 1. The van der Waals surface area contributed by atoms with Gasteiger partial charge < -0.3 is 5.73 Å². The van der Waals surface area contributed by atoms with Gasteiger partial charge in [-0.2, -0.15) is 0 Å². The van der Waals surface area contributed by atoms with Crippen LogP contribution in [-0.2, 0) is 6.42 Å². The molecule has 1 atom stereocenters. The first-order valence-corrected chi connectivity index (χ1v) is 7.26.